The molecule has 6 nitrogen and oxygen atoms in total. The number of anilines is 2. The molecule has 0 saturated heterocycles. The van der Waals surface area contributed by atoms with Gasteiger partial charge in [-0.2, -0.15) is 16.1 Å². The van der Waals surface area contributed by atoms with E-state index in [-0.39, 0.29) is 10.7 Å². The van der Waals surface area contributed by atoms with Gasteiger partial charge < -0.3 is 11.1 Å². The second-order valence-corrected chi connectivity index (χ2v) is 7.28. The van der Waals surface area contributed by atoms with Crippen LogP contribution in [0.2, 0.25) is 0 Å². The molecule has 0 amide bonds. The van der Waals surface area contributed by atoms with Crippen molar-refractivity contribution in [1.29, 1.82) is 0 Å². The van der Waals surface area contributed by atoms with E-state index in [0.717, 1.165) is 21.6 Å². The van der Waals surface area contributed by atoms with Gasteiger partial charge in [0.05, 0.1) is 0 Å². The Morgan fingerprint density at radius 2 is 2.18 bits per heavy atom. The van der Waals surface area contributed by atoms with E-state index in [2.05, 4.69) is 9.69 Å². The molecule has 0 unspecified atom stereocenters. The third-order valence-corrected chi connectivity index (χ3v) is 5.46. The number of sulfonamides is 1. The van der Waals surface area contributed by atoms with E-state index in [9.17, 15) is 8.42 Å². The van der Waals surface area contributed by atoms with Gasteiger partial charge in [-0.1, -0.05) is 0 Å². The van der Waals surface area contributed by atoms with Crippen LogP contribution < -0.4 is 11.1 Å². The van der Waals surface area contributed by atoms with E-state index >= 15 is 0 Å². The number of nitrogens with two attached hydrogens (primary N) is 1. The van der Waals surface area contributed by atoms with Crippen molar-refractivity contribution in [2.75, 3.05) is 43.7 Å². The molecule has 0 aliphatic heterocycles. The zero-order valence-electron chi connectivity index (χ0n) is 9.93. The van der Waals surface area contributed by atoms with E-state index < -0.39 is 10.0 Å². The molecule has 1 aromatic rings. The number of nitrogens with zero attached hydrogens (tertiary/aromatic N) is 2. The Hall–Kier alpha value is -0.510. The highest BCUT2D eigenvalue weighted by Crippen LogP contribution is 2.32. The van der Waals surface area contributed by atoms with Crippen LogP contribution in [0, 0.1) is 0 Å². The van der Waals surface area contributed by atoms with Crippen molar-refractivity contribution in [2.24, 2.45) is 0 Å². The highest BCUT2D eigenvalue weighted by molar-refractivity contribution is 7.98. The summed E-state index contributed by atoms with van der Waals surface area (Å²) in [6, 6.07) is 0. The second kappa shape index (κ2) is 5.89. The Labute approximate surface area is 110 Å². The fourth-order valence-electron chi connectivity index (χ4n) is 1.11. The van der Waals surface area contributed by atoms with E-state index in [4.69, 9.17) is 5.73 Å². The van der Waals surface area contributed by atoms with Crippen molar-refractivity contribution in [3.05, 3.63) is 0 Å². The molecule has 0 fully saturated rings. The van der Waals surface area contributed by atoms with Crippen LogP contribution in [0.4, 0.5) is 10.8 Å². The molecule has 98 valence electrons. The van der Waals surface area contributed by atoms with Gasteiger partial charge >= 0.3 is 0 Å². The van der Waals surface area contributed by atoms with Crippen LogP contribution in [0.25, 0.3) is 0 Å². The number of nitrogens with one attached hydrogen (secondary N) is 1. The van der Waals surface area contributed by atoms with E-state index in [1.807, 2.05) is 6.26 Å². The van der Waals surface area contributed by atoms with Gasteiger partial charge in [0.2, 0.25) is 10.0 Å². The largest absolute Gasteiger partial charge is 0.382 e. The lowest BCUT2D eigenvalue weighted by Gasteiger charge is -2.12. The molecule has 9 heteroatoms. The Kier molecular flexibility index (Phi) is 5.04. The molecule has 0 atom stereocenters. The fraction of sp³-hybridized carbons (Fsp3) is 0.625. The first kappa shape index (κ1) is 14.6. The van der Waals surface area contributed by atoms with Crippen LogP contribution in [0.1, 0.15) is 0 Å². The average Bonchev–Trinajstić information content (AvgIpc) is 2.60. The highest BCUT2D eigenvalue weighted by atomic mass is 32.2. The quantitative estimate of drug-likeness (QED) is 0.753. The van der Waals surface area contributed by atoms with Crippen molar-refractivity contribution in [2.45, 2.75) is 4.90 Å². The van der Waals surface area contributed by atoms with Crippen LogP contribution >= 0.6 is 23.3 Å². The molecule has 0 bridgehead atoms. The SMILES string of the molecule is CSCCNc1snc(N)c1S(=O)(=O)N(C)C. The van der Waals surface area contributed by atoms with Gasteiger partial charge in [0.15, 0.2) is 10.7 Å². The van der Waals surface area contributed by atoms with Crippen LogP contribution in [0.15, 0.2) is 4.90 Å². The van der Waals surface area contributed by atoms with Gasteiger partial charge in [-0.25, -0.2) is 12.7 Å². The summed E-state index contributed by atoms with van der Waals surface area (Å²) in [5, 5.41) is 3.55. The Morgan fingerprint density at radius 3 is 2.71 bits per heavy atom. The molecule has 1 heterocycles. The standard InChI is InChI=1S/C8H16N4O2S3/c1-12(2)17(13,14)6-7(9)11-16-8(6)10-4-5-15-3/h10H,4-5H2,1-3H3,(H2,9,11). The summed E-state index contributed by atoms with van der Waals surface area (Å²) in [7, 11) is -0.604. The van der Waals surface area contributed by atoms with Crippen LogP contribution in [0.5, 0.6) is 0 Å². The number of thioether (sulfide) groups is 1. The molecule has 0 radical (unpaired) electrons. The first-order chi connectivity index (χ1) is 7.91. The summed E-state index contributed by atoms with van der Waals surface area (Å²) in [5.74, 6) is 0.939. The van der Waals surface area contributed by atoms with Crippen molar-refractivity contribution >= 4 is 44.1 Å². The molecule has 0 aromatic carbocycles. The summed E-state index contributed by atoms with van der Waals surface area (Å²) in [5.41, 5.74) is 5.62. The second-order valence-electron chi connectivity index (χ2n) is 3.43. The lowest BCUT2D eigenvalue weighted by molar-refractivity contribution is 0.521. The molecule has 17 heavy (non-hydrogen) atoms. The minimum atomic E-state index is -3.55. The minimum Gasteiger partial charge on any atom is -0.382 e. The molecule has 0 saturated carbocycles. The Bertz CT molecular complexity index is 469. The maximum atomic E-state index is 12.0. The Morgan fingerprint density at radius 1 is 1.53 bits per heavy atom. The fourth-order valence-corrected chi connectivity index (χ4v) is 3.51. The monoisotopic (exact) mass is 296 g/mol. The lowest BCUT2D eigenvalue weighted by atomic mass is 10.6. The summed E-state index contributed by atoms with van der Waals surface area (Å²) in [4.78, 5) is 0.0774. The number of rotatable bonds is 6. The third kappa shape index (κ3) is 3.24. The number of aromatic nitrogens is 1. The van der Waals surface area contributed by atoms with E-state index in [0.29, 0.717) is 11.5 Å². The van der Waals surface area contributed by atoms with Gasteiger partial charge in [-0.3, -0.25) is 0 Å². The van der Waals surface area contributed by atoms with Gasteiger partial charge in [0.25, 0.3) is 0 Å². The van der Waals surface area contributed by atoms with Gasteiger partial charge in [-0.15, -0.1) is 0 Å². The molecule has 0 aliphatic rings. The topological polar surface area (TPSA) is 88.3 Å². The molecular weight excluding hydrogens is 280 g/mol. The maximum Gasteiger partial charge on any atom is 0.249 e. The van der Waals surface area contributed by atoms with Crippen LogP contribution in [-0.4, -0.2) is 49.7 Å². The smallest absolute Gasteiger partial charge is 0.249 e. The summed E-state index contributed by atoms with van der Waals surface area (Å²) in [6.07, 6.45) is 1.99. The predicted octanol–water partition coefficient (Wildman–Crippen LogP) is 0.751. The molecule has 1 aromatic heterocycles. The molecular formula is C8H16N4O2S3. The normalized spacial score (nSPS) is 12.0. The van der Waals surface area contributed by atoms with Crippen LogP contribution in [-0.2, 0) is 10.0 Å². The Balaban J connectivity index is 3.03. The lowest BCUT2D eigenvalue weighted by Crippen LogP contribution is -2.23. The van der Waals surface area contributed by atoms with Crippen molar-refractivity contribution in [3.63, 3.8) is 0 Å². The van der Waals surface area contributed by atoms with Crippen LogP contribution in [0.3, 0.4) is 0 Å². The molecule has 1 rings (SSSR count). The van der Waals surface area contributed by atoms with Crippen molar-refractivity contribution < 1.29 is 8.42 Å². The minimum absolute atomic E-state index is 0.0513. The van der Waals surface area contributed by atoms with Gasteiger partial charge in [0.1, 0.15) is 5.00 Å². The highest BCUT2D eigenvalue weighted by Gasteiger charge is 2.27. The molecule has 3 N–H and O–H groups in total. The maximum absolute atomic E-state index is 12.0. The zero-order valence-corrected chi connectivity index (χ0v) is 12.4. The van der Waals surface area contributed by atoms with E-state index in [1.165, 1.54) is 14.1 Å². The molecule has 0 aliphatic carbocycles. The zero-order chi connectivity index (χ0) is 13.1. The van der Waals surface area contributed by atoms with Gasteiger partial charge in [-0.05, 0) is 17.8 Å². The van der Waals surface area contributed by atoms with E-state index in [1.54, 1.807) is 11.8 Å². The predicted molar refractivity (Wildman–Crippen MR) is 74.3 cm³/mol. The number of hydrogen-bond acceptors (Lipinski definition) is 7. The molecule has 0 spiro atoms. The number of nitrogen functional groups attached to an aromatic ring is 1. The summed E-state index contributed by atoms with van der Waals surface area (Å²) in [6.45, 7) is 0.679. The third-order valence-electron chi connectivity index (χ3n) is 2.00. The first-order valence-electron chi connectivity index (χ1n) is 4.81. The average molecular weight is 296 g/mol. The van der Waals surface area contributed by atoms with Crippen molar-refractivity contribution in [3.8, 4) is 0 Å². The van der Waals surface area contributed by atoms with Gasteiger partial charge in [0, 0.05) is 26.4 Å². The van der Waals surface area contributed by atoms with Crippen molar-refractivity contribution in [1.82, 2.24) is 8.68 Å². The summed E-state index contributed by atoms with van der Waals surface area (Å²) < 4.78 is 29.1. The number of hydrogen-bond donors (Lipinski definition) is 2. The summed E-state index contributed by atoms with van der Waals surface area (Å²) >= 11 is 2.75. The first-order valence-corrected chi connectivity index (χ1v) is 8.42.